The third-order valence-electron chi connectivity index (χ3n) is 8.07. The summed E-state index contributed by atoms with van der Waals surface area (Å²) in [6, 6.07) is 3.10. The Balaban J connectivity index is 0.000000416. The second kappa shape index (κ2) is 20.7. The number of aromatic amines is 1. The Morgan fingerprint density at radius 2 is 0.962 bits per heavy atom. The second-order valence-corrected chi connectivity index (χ2v) is 12.3. The van der Waals surface area contributed by atoms with E-state index in [-0.39, 0.29) is 26.8 Å². The molecule has 300 valence electrons. The molecule has 22 nitrogen and oxygen atoms in total. The van der Waals surface area contributed by atoms with Gasteiger partial charge >= 0.3 is 12.1 Å². The van der Waals surface area contributed by atoms with Gasteiger partial charge in [0.05, 0.1) is 117 Å². The van der Waals surface area contributed by atoms with Gasteiger partial charge in [-0.2, -0.15) is 0 Å². The van der Waals surface area contributed by atoms with Crippen LogP contribution >= 0.6 is 11.6 Å². The van der Waals surface area contributed by atoms with Gasteiger partial charge in [0.25, 0.3) is 0 Å². The van der Waals surface area contributed by atoms with Crippen molar-refractivity contribution in [1.82, 2.24) is 20.2 Å². The van der Waals surface area contributed by atoms with Crippen LogP contribution in [0.25, 0.3) is 21.8 Å². The monoisotopic (exact) mass is 784 g/mol. The summed E-state index contributed by atoms with van der Waals surface area (Å²) in [4.78, 5) is 49.4. The summed E-state index contributed by atoms with van der Waals surface area (Å²) in [5.41, 5.74) is -7.88. The fraction of sp³-hybridized carbons (Fsp3) is 0.533. The zero-order valence-electron chi connectivity index (χ0n) is 28.0. The molecule has 2 aromatic heterocycles. The minimum atomic E-state index is -1.62. The lowest BCUT2D eigenvalue weighted by molar-refractivity contribution is -0.0310. The largest absolute Gasteiger partial charge is 0.477 e. The second-order valence-electron chi connectivity index (χ2n) is 11.9. The normalized spacial score (nSPS) is 12.2. The van der Waals surface area contributed by atoms with E-state index in [0.29, 0.717) is 10.6 Å². The van der Waals surface area contributed by atoms with Crippen molar-refractivity contribution >= 4 is 45.5 Å². The first-order valence-corrected chi connectivity index (χ1v) is 15.6. The van der Waals surface area contributed by atoms with Crippen LogP contribution < -0.4 is 21.5 Å². The van der Waals surface area contributed by atoms with Gasteiger partial charge in [-0.25, -0.2) is 14.2 Å². The zero-order valence-corrected chi connectivity index (χ0v) is 28.8. The van der Waals surface area contributed by atoms with Gasteiger partial charge in [0.15, 0.2) is 10.9 Å². The number of hydrogen-bond donors (Lipinski definition) is 17. The molecule has 0 radical (unpaired) electrons. The number of aliphatic hydroxyl groups is 12. The summed E-state index contributed by atoms with van der Waals surface area (Å²) in [6.07, 6.45) is -0.306. The van der Waals surface area contributed by atoms with E-state index in [9.17, 15) is 24.3 Å². The summed E-state index contributed by atoms with van der Waals surface area (Å²) in [5, 5.41) is 131. The van der Waals surface area contributed by atoms with Crippen LogP contribution in [0.4, 0.5) is 4.79 Å². The molecule has 0 fully saturated rings. The fourth-order valence-corrected chi connectivity index (χ4v) is 4.96. The van der Waals surface area contributed by atoms with Gasteiger partial charge in [0.2, 0.25) is 0 Å². The molecular formula is C30H45ClN4O18. The van der Waals surface area contributed by atoms with Crippen LogP contribution in [0.15, 0.2) is 34.0 Å². The Hall–Kier alpha value is -3.69. The molecule has 3 aromatic rings. The van der Waals surface area contributed by atoms with E-state index in [1.54, 1.807) is 0 Å². The number of rotatable bonds is 17. The van der Waals surface area contributed by atoms with E-state index in [1.807, 2.05) is 0 Å². The number of H-pyrrole nitrogens is 1. The van der Waals surface area contributed by atoms with Crippen molar-refractivity contribution in [2.24, 2.45) is 0 Å². The molecule has 0 spiro atoms. The quantitative estimate of drug-likeness (QED) is 0.0566. The van der Waals surface area contributed by atoms with Gasteiger partial charge in [0.1, 0.15) is 5.69 Å². The SMILES string of the molecule is O=C(O)c1cc(=O)c2cc3c(=O)cc[nH]c3c(Cl)c2n1C(=O)O.OCC(CO)(CO)NC(CO)(CO)CO.OCC(CO)(CO)NC(CO)(CO)CO. The van der Waals surface area contributed by atoms with Crippen molar-refractivity contribution in [3.05, 3.63) is 55.6 Å². The maximum atomic E-state index is 12.1. The summed E-state index contributed by atoms with van der Waals surface area (Å²) >= 11 is 6.16. The number of nitrogens with one attached hydrogen (secondary N) is 3. The number of benzene rings is 1. The highest BCUT2D eigenvalue weighted by atomic mass is 35.5. The van der Waals surface area contributed by atoms with Gasteiger partial charge in [-0.3, -0.25) is 20.2 Å². The van der Waals surface area contributed by atoms with Crippen LogP contribution in [0.2, 0.25) is 5.02 Å². The highest BCUT2D eigenvalue weighted by Crippen LogP contribution is 2.29. The topological polar surface area (TPSA) is 396 Å². The lowest BCUT2D eigenvalue weighted by Crippen LogP contribution is -2.68. The van der Waals surface area contributed by atoms with Gasteiger partial charge < -0.3 is 76.5 Å². The molecule has 0 unspecified atom stereocenters. The van der Waals surface area contributed by atoms with E-state index in [1.165, 1.54) is 18.3 Å². The maximum absolute atomic E-state index is 12.1. The lowest BCUT2D eigenvalue weighted by Gasteiger charge is -2.39. The molecule has 23 heteroatoms. The number of aromatic carboxylic acids is 1. The molecule has 0 saturated heterocycles. The Bertz CT molecular complexity index is 1660. The average molecular weight is 785 g/mol. The molecule has 2 heterocycles. The number of carboxylic acids is 1. The van der Waals surface area contributed by atoms with Crippen molar-refractivity contribution in [1.29, 1.82) is 0 Å². The molecule has 0 aliphatic rings. The van der Waals surface area contributed by atoms with Crippen LogP contribution in [-0.4, -0.2) is 195 Å². The van der Waals surface area contributed by atoms with Crippen molar-refractivity contribution in [3.63, 3.8) is 0 Å². The van der Waals surface area contributed by atoms with Gasteiger partial charge in [-0.05, 0) is 6.07 Å². The third kappa shape index (κ3) is 10.7. The molecule has 0 saturated carbocycles. The summed E-state index contributed by atoms with van der Waals surface area (Å²) in [6.45, 7) is -7.15. The smallest absolute Gasteiger partial charge is 0.416 e. The van der Waals surface area contributed by atoms with Crippen LogP contribution in [0.1, 0.15) is 10.5 Å². The van der Waals surface area contributed by atoms with E-state index in [0.717, 1.165) is 0 Å². The minimum Gasteiger partial charge on any atom is -0.477 e. The number of nitrogens with zero attached hydrogens (tertiary/aromatic N) is 1. The number of pyridine rings is 2. The number of halogens is 1. The first kappa shape index (κ1) is 47.3. The minimum absolute atomic E-state index is 0.0992. The van der Waals surface area contributed by atoms with Crippen LogP contribution in [0.5, 0.6) is 0 Å². The Morgan fingerprint density at radius 1 is 0.604 bits per heavy atom. The van der Waals surface area contributed by atoms with E-state index >= 15 is 0 Å². The summed E-state index contributed by atoms with van der Waals surface area (Å²) in [7, 11) is 0. The van der Waals surface area contributed by atoms with Crippen molar-refractivity contribution in [3.8, 4) is 0 Å². The molecule has 53 heavy (non-hydrogen) atoms. The number of aromatic nitrogens is 2. The standard InChI is InChI=1S/C14H7ClN2O6.2C8H19NO6/c15-10-11-5(8(18)1-2-16-11)3-6-9(19)4-7(13(20)21)17(12(6)10)14(22)23;2*10-1-7(2-11,3-12)9-8(4-13,5-14)6-15/h1-4H,(H,16,18)(H,20,21)(H,22,23);2*9-15H,1-6H2. The molecule has 0 aliphatic heterocycles. The third-order valence-corrected chi connectivity index (χ3v) is 8.44. The molecular weight excluding hydrogens is 740 g/mol. The first-order valence-electron chi connectivity index (χ1n) is 15.2. The number of hydrogen-bond acceptors (Lipinski definition) is 18. The number of carboxylic acid groups (broad SMARTS) is 2. The molecule has 0 aliphatic carbocycles. The predicted octanol–water partition coefficient (Wildman–Crippen LogP) is -6.26. The van der Waals surface area contributed by atoms with E-state index < -0.39 is 130 Å². The molecule has 1 aromatic carbocycles. The fourth-order valence-electron chi connectivity index (χ4n) is 4.61. The van der Waals surface area contributed by atoms with Crippen LogP contribution in [0, 0.1) is 0 Å². The van der Waals surface area contributed by atoms with Crippen LogP contribution in [-0.2, 0) is 0 Å². The highest BCUT2D eigenvalue weighted by Gasteiger charge is 2.40. The van der Waals surface area contributed by atoms with Crippen LogP contribution in [0.3, 0.4) is 0 Å². The van der Waals surface area contributed by atoms with Crippen molar-refractivity contribution < 1.29 is 81.1 Å². The first-order chi connectivity index (χ1) is 25.0. The number of fused-ring (bicyclic) bond motifs is 2. The van der Waals surface area contributed by atoms with Gasteiger partial charge in [-0.15, -0.1) is 0 Å². The highest BCUT2D eigenvalue weighted by molar-refractivity contribution is 6.40. The number of carbonyl (C=O) groups is 2. The Kier molecular flexibility index (Phi) is 18.5. The molecule has 17 N–H and O–H groups in total. The van der Waals surface area contributed by atoms with Crippen molar-refractivity contribution in [2.45, 2.75) is 22.2 Å². The predicted molar refractivity (Wildman–Crippen MR) is 184 cm³/mol. The molecule has 3 rings (SSSR count). The summed E-state index contributed by atoms with van der Waals surface area (Å²) < 4.78 is 0.409. The van der Waals surface area contributed by atoms with E-state index in [4.69, 9.17) is 78.0 Å². The maximum Gasteiger partial charge on any atom is 0.416 e. The zero-order chi connectivity index (χ0) is 40.8. The van der Waals surface area contributed by atoms with Gasteiger partial charge in [0, 0.05) is 29.1 Å². The lowest BCUT2D eigenvalue weighted by atomic mass is 9.94. The molecule has 0 atom stereocenters. The van der Waals surface area contributed by atoms with Crippen molar-refractivity contribution in [2.75, 3.05) is 79.3 Å². The molecule has 0 amide bonds. The Morgan fingerprint density at radius 3 is 1.26 bits per heavy atom. The summed E-state index contributed by atoms with van der Waals surface area (Å²) in [5.74, 6) is -1.59. The number of aliphatic hydroxyl groups excluding tert-OH is 12. The van der Waals surface area contributed by atoms with E-state index in [2.05, 4.69) is 15.6 Å². The molecule has 0 bridgehead atoms. The van der Waals surface area contributed by atoms with Gasteiger partial charge in [-0.1, -0.05) is 11.6 Å². The Labute approximate surface area is 303 Å². The average Bonchev–Trinajstić information content (AvgIpc) is 3.18.